The lowest BCUT2D eigenvalue weighted by Crippen LogP contribution is -2.49. The average molecular weight is 533 g/mol. The van der Waals surface area contributed by atoms with Crippen molar-refractivity contribution in [3.05, 3.63) is 95.3 Å². The Labute approximate surface area is 214 Å². The van der Waals surface area contributed by atoms with Gasteiger partial charge in [-0.15, -0.1) is 0 Å². The summed E-state index contributed by atoms with van der Waals surface area (Å²) >= 11 is 0. The number of nitrogens with one attached hydrogen (secondary N) is 1. The fourth-order valence-corrected chi connectivity index (χ4v) is 5.05. The van der Waals surface area contributed by atoms with E-state index in [4.69, 9.17) is 4.74 Å². The molecule has 0 saturated carbocycles. The van der Waals surface area contributed by atoms with Crippen molar-refractivity contribution in [3.8, 4) is 11.1 Å². The van der Waals surface area contributed by atoms with Gasteiger partial charge in [0.15, 0.2) is 0 Å². The number of sulfonamides is 1. The number of carbonyl (C=O) groups is 1. The van der Waals surface area contributed by atoms with Gasteiger partial charge in [0.05, 0.1) is 12.3 Å². The van der Waals surface area contributed by atoms with E-state index < -0.39 is 39.2 Å². The number of amides is 1. The fourth-order valence-electron chi connectivity index (χ4n) is 4.58. The minimum atomic E-state index is -3.45. The molecule has 0 radical (unpaired) electrons. The molecule has 10 heteroatoms. The van der Waals surface area contributed by atoms with Crippen LogP contribution in [0.15, 0.2) is 66.7 Å². The van der Waals surface area contributed by atoms with Crippen LogP contribution in [0.1, 0.15) is 36.9 Å². The molecule has 6 nitrogen and oxygen atoms in total. The second kappa shape index (κ2) is 10.5. The molecule has 2 atom stereocenters. The summed E-state index contributed by atoms with van der Waals surface area (Å²) < 4.78 is 72.4. The highest BCUT2D eigenvalue weighted by atomic mass is 32.2. The van der Waals surface area contributed by atoms with Gasteiger partial charge in [-0.3, -0.25) is 0 Å². The maximum atomic E-state index is 14.2. The molecule has 1 aliphatic heterocycles. The summed E-state index contributed by atoms with van der Waals surface area (Å²) in [5.74, 6) is -1.75. The lowest BCUT2D eigenvalue weighted by atomic mass is 9.85. The number of halogens is 3. The van der Waals surface area contributed by atoms with Gasteiger partial charge in [-0.1, -0.05) is 36.4 Å². The molecule has 0 bridgehead atoms. The Hall–Kier alpha value is -3.37. The van der Waals surface area contributed by atoms with E-state index >= 15 is 0 Å². The zero-order valence-electron chi connectivity index (χ0n) is 20.4. The number of carbonyl (C=O) groups excluding carboxylic acids is 1. The summed E-state index contributed by atoms with van der Waals surface area (Å²) in [6.07, 6.45) is 0.997. The number of hydrogen-bond acceptors (Lipinski definition) is 4. The van der Waals surface area contributed by atoms with Crippen LogP contribution in [0.25, 0.3) is 11.1 Å². The average Bonchev–Trinajstić information content (AvgIpc) is 2.83. The first-order valence-corrected chi connectivity index (χ1v) is 13.6. The van der Waals surface area contributed by atoms with Crippen LogP contribution in [0, 0.1) is 17.5 Å². The molecule has 196 valence electrons. The Bertz CT molecular complexity index is 1380. The van der Waals surface area contributed by atoms with Crippen LogP contribution < -0.4 is 4.72 Å². The molecule has 1 heterocycles. The molecule has 3 aromatic rings. The number of cyclic esters (lactones) is 1. The normalized spacial score (nSPS) is 18.9. The highest BCUT2D eigenvalue weighted by molar-refractivity contribution is 7.88. The summed E-state index contributed by atoms with van der Waals surface area (Å²) in [5, 5.41) is 0. The first-order valence-electron chi connectivity index (χ1n) is 11.7. The molecule has 3 aromatic carbocycles. The largest absolute Gasteiger partial charge is 0.438 e. The van der Waals surface area contributed by atoms with Gasteiger partial charge >= 0.3 is 6.09 Å². The second-order valence-electron chi connectivity index (χ2n) is 9.15. The third-order valence-electron chi connectivity index (χ3n) is 6.64. The molecule has 1 amide bonds. The zero-order chi connectivity index (χ0) is 26.8. The predicted octanol–water partition coefficient (Wildman–Crippen LogP) is 5.51. The molecule has 1 fully saturated rings. The maximum absolute atomic E-state index is 14.2. The third kappa shape index (κ3) is 6.14. The van der Waals surface area contributed by atoms with Gasteiger partial charge < -0.3 is 9.64 Å². The van der Waals surface area contributed by atoms with Crippen molar-refractivity contribution in [3.63, 3.8) is 0 Å². The predicted molar refractivity (Wildman–Crippen MR) is 134 cm³/mol. The molecule has 0 aromatic heterocycles. The van der Waals surface area contributed by atoms with Gasteiger partial charge in [0, 0.05) is 37.6 Å². The van der Waals surface area contributed by atoms with Crippen molar-refractivity contribution in [2.24, 2.45) is 0 Å². The summed E-state index contributed by atoms with van der Waals surface area (Å²) in [6, 6.07) is 15.6. The van der Waals surface area contributed by atoms with Gasteiger partial charge in [-0.05, 0) is 47.9 Å². The standard InChI is InChI=1S/C27H27F3N2O4S/c1-18(19-3-5-20(6-4-19)24-12-11-23(29)17-25(24)30)32-16-14-27(36-26(32)33,13-15-31-37(2,34)35)21-7-9-22(28)10-8-21/h3-12,17-18,31H,13-16H2,1-2H3. The number of hydrogen-bond donors (Lipinski definition) is 1. The third-order valence-corrected chi connectivity index (χ3v) is 7.37. The van der Waals surface area contributed by atoms with Crippen molar-refractivity contribution in [2.45, 2.75) is 31.4 Å². The summed E-state index contributed by atoms with van der Waals surface area (Å²) in [4.78, 5) is 14.8. The lowest BCUT2D eigenvalue weighted by molar-refractivity contribution is -0.0644. The Morgan fingerprint density at radius 3 is 2.24 bits per heavy atom. The van der Waals surface area contributed by atoms with Crippen molar-refractivity contribution in [1.29, 1.82) is 0 Å². The highest BCUT2D eigenvalue weighted by Crippen LogP contribution is 2.39. The Balaban J connectivity index is 1.52. The van der Waals surface area contributed by atoms with Crippen molar-refractivity contribution >= 4 is 16.1 Å². The van der Waals surface area contributed by atoms with Gasteiger partial charge in [0.2, 0.25) is 10.0 Å². The van der Waals surface area contributed by atoms with E-state index in [0.717, 1.165) is 17.9 Å². The maximum Gasteiger partial charge on any atom is 0.411 e. The second-order valence-corrected chi connectivity index (χ2v) is 11.0. The van der Waals surface area contributed by atoms with Crippen LogP contribution in [0.3, 0.4) is 0 Å². The van der Waals surface area contributed by atoms with Gasteiger partial charge in [-0.2, -0.15) is 0 Å². The number of ether oxygens (including phenoxy) is 1. The highest BCUT2D eigenvalue weighted by Gasteiger charge is 2.43. The first-order chi connectivity index (χ1) is 17.5. The van der Waals surface area contributed by atoms with E-state index in [1.54, 1.807) is 29.2 Å². The molecule has 2 unspecified atom stereocenters. The molecular weight excluding hydrogens is 505 g/mol. The van der Waals surface area contributed by atoms with E-state index in [0.29, 0.717) is 24.1 Å². The molecular formula is C27H27F3N2O4S. The van der Waals surface area contributed by atoms with Crippen molar-refractivity contribution in [2.75, 3.05) is 19.3 Å². The molecule has 1 aliphatic rings. The van der Waals surface area contributed by atoms with Crippen LogP contribution in [-0.4, -0.2) is 38.8 Å². The lowest BCUT2D eigenvalue weighted by Gasteiger charge is -2.43. The quantitative estimate of drug-likeness (QED) is 0.415. The fraction of sp³-hybridized carbons (Fsp3) is 0.296. The molecule has 4 rings (SSSR count). The van der Waals surface area contributed by atoms with Crippen molar-refractivity contribution < 1.29 is 31.1 Å². The number of nitrogens with zero attached hydrogens (tertiary/aromatic N) is 1. The minimum absolute atomic E-state index is 0.0421. The Morgan fingerprint density at radius 2 is 1.65 bits per heavy atom. The summed E-state index contributed by atoms with van der Waals surface area (Å²) in [5.41, 5.74) is 1.09. The molecule has 0 aliphatic carbocycles. The zero-order valence-corrected chi connectivity index (χ0v) is 21.2. The van der Waals surface area contributed by atoms with Crippen molar-refractivity contribution in [1.82, 2.24) is 9.62 Å². The molecule has 0 spiro atoms. The number of benzene rings is 3. The van der Waals surface area contributed by atoms with E-state index in [1.165, 1.54) is 36.4 Å². The smallest absolute Gasteiger partial charge is 0.411 e. The summed E-state index contributed by atoms with van der Waals surface area (Å²) in [6.45, 7) is 2.19. The van der Waals surface area contributed by atoms with Crippen LogP contribution in [0.5, 0.6) is 0 Å². The monoisotopic (exact) mass is 532 g/mol. The van der Waals surface area contributed by atoms with Crippen LogP contribution in [0.2, 0.25) is 0 Å². The van der Waals surface area contributed by atoms with Crippen LogP contribution in [-0.2, 0) is 20.4 Å². The molecule has 37 heavy (non-hydrogen) atoms. The summed E-state index contributed by atoms with van der Waals surface area (Å²) in [7, 11) is -3.45. The van der Waals surface area contributed by atoms with E-state index in [2.05, 4.69) is 4.72 Å². The van der Waals surface area contributed by atoms with Gasteiger partial charge in [0.1, 0.15) is 23.1 Å². The van der Waals surface area contributed by atoms with E-state index in [9.17, 15) is 26.4 Å². The molecule has 1 N–H and O–H groups in total. The Kier molecular flexibility index (Phi) is 7.61. The van der Waals surface area contributed by atoms with E-state index in [-0.39, 0.29) is 24.6 Å². The van der Waals surface area contributed by atoms with Gasteiger partial charge in [-0.25, -0.2) is 31.1 Å². The first kappa shape index (κ1) is 26.7. The SMILES string of the molecule is CC(c1ccc(-c2ccc(F)cc2F)cc1)N1CCC(CCNS(C)(=O)=O)(c2ccc(F)cc2)OC1=O. The minimum Gasteiger partial charge on any atom is -0.438 e. The van der Waals surface area contributed by atoms with Gasteiger partial charge in [0.25, 0.3) is 0 Å². The van der Waals surface area contributed by atoms with Crippen LogP contribution in [0.4, 0.5) is 18.0 Å². The topological polar surface area (TPSA) is 75.7 Å². The molecule has 1 saturated heterocycles. The number of rotatable bonds is 8. The van der Waals surface area contributed by atoms with E-state index in [1.807, 2.05) is 6.92 Å². The van der Waals surface area contributed by atoms with Crippen LogP contribution >= 0.6 is 0 Å². The Morgan fingerprint density at radius 1 is 1.00 bits per heavy atom.